The molecule has 1 heterocycles. The lowest BCUT2D eigenvalue weighted by Crippen LogP contribution is -2.59. The minimum absolute atomic E-state index is 0.240. The molecule has 0 amide bonds. The van der Waals surface area contributed by atoms with Gasteiger partial charge in [0.1, 0.15) is 5.75 Å². The van der Waals surface area contributed by atoms with Crippen LogP contribution in [-0.4, -0.2) is 29.6 Å². The first-order valence-electron chi connectivity index (χ1n) is 8.28. The molecule has 0 aliphatic carbocycles. The summed E-state index contributed by atoms with van der Waals surface area (Å²) in [5.74, 6) is 0.385. The van der Waals surface area contributed by atoms with Crippen LogP contribution >= 0.6 is 0 Å². The van der Waals surface area contributed by atoms with Gasteiger partial charge in [-0.1, -0.05) is 55.8 Å². The average molecular weight is 295 g/mol. The smallest absolute Gasteiger partial charge is 0.115 e. The molecule has 2 heteroatoms. The Kier molecular flexibility index (Phi) is 4.49. The van der Waals surface area contributed by atoms with Gasteiger partial charge in [-0.05, 0) is 36.1 Å². The predicted octanol–water partition coefficient (Wildman–Crippen LogP) is 3.99. The largest absolute Gasteiger partial charge is 0.508 e. The number of phenols is 1. The highest BCUT2D eigenvalue weighted by Gasteiger charge is 2.43. The molecule has 0 bridgehead atoms. The highest BCUT2D eigenvalue weighted by Crippen LogP contribution is 2.39. The molecule has 0 aromatic heterocycles. The molecule has 3 rings (SSSR count). The molecule has 1 fully saturated rings. The van der Waals surface area contributed by atoms with E-state index in [1.54, 1.807) is 6.07 Å². The van der Waals surface area contributed by atoms with Crippen molar-refractivity contribution >= 4 is 0 Å². The zero-order chi connectivity index (χ0) is 15.4. The molecule has 0 radical (unpaired) electrons. The third kappa shape index (κ3) is 3.17. The van der Waals surface area contributed by atoms with E-state index >= 15 is 0 Å². The van der Waals surface area contributed by atoms with Crippen molar-refractivity contribution in [2.75, 3.05) is 19.6 Å². The predicted molar refractivity (Wildman–Crippen MR) is 91.3 cm³/mol. The van der Waals surface area contributed by atoms with E-state index in [9.17, 15) is 5.11 Å². The van der Waals surface area contributed by atoms with Gasteiger partial charge in [0.2, 0.25) is 0 Å². The van der Waals surface area contributed by atoms with Gasteiger partial charge in [0.25, 0.3) is 0 Å². The van der Waals surface area contributed by atoms with E-state index < -0.39 is 0 Å². The maximum atomic E-state index is 9.77. The Bertz CT molecular complexity index is 602. The second-order valence-corrected chi connectivity index (χ2v) is 6.53. The van der Waals surface area contributed by atoms with Crippen LogP contribution in [0.15, 0.2) is 54.6 Å². The normalized spacial score (nSPS) is 17.1. The van der Waals surface area contributed by atoms with Crippen LogP contribution in [0.4, 0.5) is 0 Å². The summed E-state index contributed by atoms with van der Waals surface area (Å²) in [4.78, 5) is 2.53. The van der Waals surface area contributed by atoms with Gasteiger partial charge in [-0.15, -0.1) is 0 Å². The van der Waals surface area contributed by atoms with Crippen LogP contribution < -0.4 is 0 Å². The van der Waals surface area contributed by atoms with Crippen molar-refractivity contribution in [1.29, 1.82) is 0 Å². The van der Waals surface area contributed by atoms with Gasteiger partial charge in [-0.2, -0.15) is 0 Å². The molecule has 0 unspecified atom stereocenters. The first kappa shape index (κ1) is 15.1. The molecule has 116 valence electrons. The second kappa shape index (κ2) is 6.53. The third-order valence-corrected chi connectivity index (χ3v) is 4.80. The molecule has 1 aliphatic rings. The van der Waals surface area contributed by atoms with Crippen molar-refractivity contribution in [2.24, 2.45) is 0 Å². The fourth-order valence-corrected chi connectivity index (χ4v) is 3.70. The topological polar surface area (TPSA) is 23.5 Å². The minimum Gasteiger partial charge on any atom is -0.508 e. The van der Waals surface area contributed by atoms with E-state index in [4.69, 9.17) is 0 Å². The van der Waals surface area contributed by atoms with Crippen LogP contribution in [0.1, 0.15) is 30.9 Å². The first-order valence-corrected chi connectivity index (χ1v) is 8.28. The highest BCUT2D eigenvalue weighted by molar-refractivity contribution is 5.36. The number of benzene rings is 2. The Morgan fingerprint density at radius 1 is 1.05 bits per heavy atom. The molecule has 2 aromatic carbocycles. The van der Waals surface area contributed by atoms with Gasteiger partial charge >= 0.3 is 0 Å². The standard InChI is InChI=1S/C20H25NO/c1-2-12-20(18-9-6-10-19(22)14-18)15-21(16-20)13-11-17-7-4-3-5-8-17/h3-10,14,22H,2,11-13,15-16H2,1H3. The van der Waals surface area contributed by atoms with E-state index in [0.717, 1.165) is 26.1 Å². The summed E-state index contributed by atoms with van der Waals surface area (Å²) in [6.07, 6.45) is 3.49. The van der Waals surface area contributed by atoms with Gasteiger partial charge in [0.05, 0.1) is 0 Å². The fraction of sp³-hybridized carbons (Fsp3) is 0.400. The lowest BCUT2D eigenvalue weighted by molar-refractivity contribution is 0.0584. The van der Waals surface area contributed by atoms with Crippen molar-refractivity contribution in [2.45, 2.75) is 31.6 Å². The summed E-state index contributed by atoms with van der Waals surface area (Å²) in [5, 5.41) is 9.77. The summed E-state index contributed by atoms with van der Waals surface area (Å²) in [7, 11) is 0. The summed E-state index contributed by atoms with van der Waals surface area (Å²) in [6.45, 7) is 5.58. The molecule has 2 aromatic rings. The van der Waals surface area contributed by atoms with Crippen molar-refractivity contribution in [3.05, 3.63) is 65.7 Å². The molecular weight excluding hydrogens is 270 g/mol. The Morgan fingerprint density at radius 3 is 2.50 bits per heavy atom. The van der Waals surface area contributed by atoms with E-state index in [2.05, 4.69) is 48.2 Å². The van der Waals surface area contributed by atoms with E-state index in [1.807, 2.05) is 12.1 Å². The quantitative estimate of drug-likeness (QED) is 0.871. The molecular formula is C20H25NO. The SMILES string of the molecule is CCCC1(c2cccc(O)c2)CN(CCc2ccccc2)C1. The minimum atomic E-state index is 0.240. The number of hydrogen-bond donors (Lipinski definition) is 1. The Labute approximate surface area is 133 Å². The van der Waals surface area contributed by atoms with Crippen LogP contribution in [0.5, 0.6) is 5.75 Å². The number of aromatic hydroxyl groups is 1. The van der Waals surface area contributed by atoms with Crippen LogP contribution in [0.3, 0.4) is 0 Å². The van der Waals surface area contributed by atoms with Crippen molar-refractivity contribution in [1.82, 2.24) is 4.90 Å². The Morgan fingerprint density at radius 2 is 1.82 bits per heavy atom. The van der Waals surface area contributed by atoms with Crippen LogP contribution in [0.2, 0.25) is 0 Å². The van der Waals surface area contributed by atoms with Crippen LogP contribution in [-0.2, 0) is 11.8 Å². The van der Waals surface area contributed by atoms with Gasteiger partial charge in [-0.3, -0.25) is 0 Å². The summed E-state index contributed by atoms with van der Waals surface area (Å²) >= 11 is 0. The van der Waals surface area contributed by atoms with E-state index in [-0.39, 0.29) is 5.41 Å². The second-order valence-electron chi connectivity index (χ2n) is 6.53. The molecule has 0 atom stereocenters. The van der Waals surface area contributed by atoms with Gasteiger partial charge in [0.15, 0.2) is 0 Å². The van der Waals surface area contributed by atoms with Gasteiger partial charge < -0.3 is 10.0 Å². The number of phenolic OH excluding ortho intramolecular Hbond substituents is 1. The van der Waals surface area contributed by atoms with Gasteiger partial charge in [-0.25, -0.2) is 0 Å². The van der Waals surface area contributed by atoms with Crippen molar-refractivity contribution in [3.63, 3.8) is 0 Å². The van der Waals surface area contributed by atoms with E-state index in [0.29, 0.717) is 5.75 Å². The monoisotopic (exact) mass is 295 g/mol. The summed E-state index contributed by atoms with van der Waals surface area (Å²) in [5.41, 5.74) is 2.95. The number of rotatable bonds is 6. The average Bonchev–Trinajstić information content (AvgIpc) is 2.50. The lowest BCUT2D eigenvalue weighted by Gasteiger charge is -2.51. The van der Waals surface area contributed by atoms with Crippen LogP contribution in [0, 0.1) is 0 Å². The van der Waals surface area contributed by atoms with Crippen LogP contribution in [0.25, 0.3) is 0 Å². The first-order chi connectivity index (χ1) is 10.7. The maximum Gasteiger partial charge on any atom is 0.115 e. The third-order valence-electron chi connectivity index (χ3n) is 4.80. The zero-order valence-electron chi connectivity index (χ0n) is 13.3. The number of likely N-dealkylation sites (tertiary alicyclic amines) is 1. The lowest BCUT2D eigenvalue weighted by atomic mass is 9.70. The Balaban J connectivity index is 1.62. The van der Waals surface area contributed by atoms with Crippen molar-refractivity contribution < 1.29 is 5.11 Å². The fourth-order valence-electron chi connectivity index (χ4n) is 3.70. The van der Waals surface area contributed by atoms with Crippen molar-refractivity contribution in [3.8, 4) is 5.75 Å². The molecule has 2 nitrogen and oxygen atoms in total. The molecule has 1 aliphatic heterocycles. The molecule has 1 saturated heterocycles. The summed E-state index contributed by atoms with van der Waals surface area (Å²) < 4.78 is 0. The summed E-state index contributed by atoms with van der Waals surface area (Å²) in [6, 6.07) is 18.5. The Hall–Kier alpha value is -1.80. The zero-order valence-corrected chi connectivity index (χ0v) is 13.3. The van der Waals surface area contributed by atoms with E-state index in [1.165, 1.54) is 24.0 Å². The highest BCUT2D eigenvalue weighted by atomic mass is 16.3. The number of hydrogen-bond acceptors (Lipinski definition) is 2. The molecule has 1 N–H and O–H groups in total. The van der Waals surface area contributed by atoms with Gasteiger partial charge in [0, 0.05) is 25.0 Å². The molecule has 22 heavy (non-hydrogen) atoms. The maximum absolute atomic E-state index is 9.77. The number of nitrogens with zero attached hydrogens (tertiary/aromatic N) is 1. The molecule has 0 spiro atoms. The molecule has 0 saturated carbocycles.